The number of halogens is 4. The predicted octanol–water partition coefficient (Wildman–Crippen LogP) is 3.79. The smallest absolute Gasteiger partial charge is 0.417 e. The van der Waals surface area contributed by atoms with Gasteiger partial charge in [0.1, 0.15) is 11.6 Å². The van der Waals surface area contributed by atoms with Crippen molar-refractivity contribution in [1.82, 2.24) is 4.98 Å². The minimum atomic E-state index is -4.46. The Morgan fingerprint density at radius 3 is 2.25 bits per heavy atom. The second-order valence-corrected chi connectivity index (χ2v) is 5.90. The van der Waals surface area contributed by atoms with E-state index in [1.54, 1.807) is 12.1 Å². The lowest BCUT2D eigenvalue weighted by Crippen LogP contribution is -2.47. The number of piperazine rings is 1. The summed E-state index contributed by atoms with van der Waals surface area (Å²) < 4.78 is 38.0. The molecule has 1 aromatic heterocycles. The minimum Gasteiger partial charge on any atom is -0.506 e. The number of para-hydroxylation sites is 2. The third kappa shape index (κ3) is 3.36. The molecule has 8 heteroatoms. The Morgan fingerprint density at radius 2 is 1.67 bits per heavy atom. The van der Waals surface area contributed by atoms with Crippen molar-refractivity contribution < 1.29 is 18.3 Å². The predicted molar refractivity (Wildman–Crippen MR) is 86.8 cm³/mol. The van der Waals surface area contributed by atoms with Crippen LogP contribution in [-0.2, 0) is 6.18 Å². The molecule has 1 aliphatic heterocycles. The first-order valence-corrected chi connectivity index (χ1v) is 7.74. The third-order valence-corrected chi connectivity index (χ3v) is 4.23. The summed E-state index contributed by atoms with van der Waals surface area (Å²) >= 11 is 5.99. The van der Waals surface area contributed by atoms with Gasteiger partial charge in [-0.05, 0) is 18.2 Å². The number of alkyl halides is 3. The monoisotopic (exact) mass is 357 g/mol. The van der Waals surface area contributed by atoms with E-state index in [0.29, 0.717) is 32.0 Å². The molecule has 2 heterocycles. The van der Waals surface area contributed by atoms with Crippen molar-refractivity contribution in [3.8, 4) is 5.75 Å². The van der Waals surface area contributed by atoms with Crippen LogP contribution in [0.1, 0.15) is 5.56 Å². The highest BCUT2D eigenvalue weighted by atomic mass is 35.5. The quantitative estimate of drug-likeness (QED) is 0.887. The van der Waals surface area contributed by atoms with Gasteiger partial charge in [0.25, 0.3) is 0 Å². The summed E-state index contributed by atoms with van der Waals surface area (Å²) in [6.45, 7) is 2.31. The van der Waals surface area contributed by atoms with Crippen LogP contribution in [0.2, 0.25) is 5.02 Å². The highest BCUT2D eigenvalue weighted by Crippen LogP contribution is 2.34. The summed E-state index contributed by atoms with van der Waals surface area (Å²) in [5, 5.41) is 9.89. The van der Waals surface area contributed by atoms with Crippen LogP contribution >= 0.6 is 11.6 Å². The van der Waals surface area contributed by atoms with Gasteiger partial charge in [-0.15, -0.1) is 0 Å². The summed E-state index contributed by atoms with van der Waals surface area (Å²) in [7, 11) is 0. The molecular weight excluding hydrogens is 343 g/mol. The average Bonchev–Trinajstić information content (AvgIpc) is 2.55. The SMILES string of the molecule is Oc1ccccc1N1CCN(c2ncc(C(F)(F)F)cc2Cl)CC1. The van der Waals surface area contributed by atoms with Crippen molar-refractivity contribution >= 4 is 23.1 Å². The lowest BCUT2D eigenvalue weighted by Gasteiger charge is -2.37. The first kappa shape index (κ1) is 16.7. The average molecular weight is 358 g/mol. The lowest BCUT2D eigenvalue weighted by atomic mass is 10.2. The van der Waals surface area contributed by atoms with Gasteiger partial charge in [-0.2, -0.15) is 13.2 Å². The van der Waals surface area contributed by atoms with Gasteiger partial charge < -0.3 is 14.9 Å². The number of nitrogens with zero attached hydrogens (tertiary/aromatic N) is 3. The van der Waals surface area contributed by atoms with Gasteiger partial charge in [0.05, 0.1) is 16.3 Å². The zero-order valence-electron chi connectivity index (χ0n) is 12.6. The number of aromatic hydroxyl groups is 1. The normalized spacial score (nSPS) is 15.7. The molecule has 0 aliphatic carbocycles. The molecule has 0 spiro atoms. The van der Waals surface area contributed by atoms with Crippen LogP contribution in [0.25, 0.3) is 0 Å². The number of rotatable bonds is 2. The Balaban J connectivity index is 1.72. The van der Waals surface area contributed by atoms with Crippen LogP contribution in [0.4, 0.5) is 24.7 Å². The fourth-order valence-electron chi connectivity index (χ4n) is 2.71. The Labute approximate surface area is 142 Å². The molecule has 1 N–H and O–H groups in total. The van der Waals surface area contributed by atoms with Gasteiger partial charge in [0.15, 0.2) is 0 Å². The maximum atomic E-state index is 12.7. The van der Waals surface area contributed by atoms with E-state index in [1.165, 1.54) is 0 Å². The highest BCUT2D eigenvalue weighted by Gasteiger charge is 2.32. The molecule has 0 atom stereocenters. The first-order chi connectivity index (χ1) is 11.4. The van der Waals surface area contributed by atoms with E-state index in [0.717, 1.165) is 18.0 Å². The number of aromatic nitrogens is 1. The van der Waals surface area contributed by atoms with E-state index in [1.807, 2.05) is 21.9 Å². The zero-order valence-corrected chi connectivity index (χ0v) is 13.3. The molecule has 1 aliphatic rings. The molecule has 24 heavy (non-hydrogen) atoms. The zero-order chi connectivity index (χ0) is 17.3. The number of pyridine rings is 1. The van der Waals surface area contributed by atoms with Crippen molar-refractivity contribution in [1.29, 1.82) is 0 Å². The van der Waals surface area contributed by atoms with Crippen molar-refractivity contribution in [2.75, 3.05) is 36.0 Å². The van der Waals surface area contributed by atoms with Gasteiger partial charge >= 0.3 is 6.18 Å². The van der Waals surface area contributed by atoms with E-state index in [9.17, 15) is 18.3 Å². The Hall–Kier alpha value is -2.15. The molecule has 0 bridgehead atoms. The van der Waals surface area contributed by atoms with E-state index in [4.69, 9.17) is 11.6 Å². The van der Waals surface area contributed by atoms with E-state index in [-0.39, 0.29) is 10.8 Å². The fraction of sp³-hybridized carbons (Fsp3) is 0.312. The number of phenols is 1. The third-order valence-electron chi connectivity index (χ3n) is 3.95. The topological polar surface area (TPSA) is 39.6 Å². The summed E-state index contributed by atoms with van der Waals surface area (Å²) in [5.41, 5.74) is -0.118. The molecule has 0 unspecified atom stereocenters. The number of benzene rings is 1. The molecule has 1 saturated heterocycles. The molecule has 4 nitrogen and oxygen atoms in total. The molecule has 1 aromatic carbocycles. The molecule has 128 valence electrons. The summed E-state index contributed by atoms with van der Waals surface area (Å²) in [6.07, 6.45) is -3.66. The number of anilines is 2. The van der Waals surface area contributed by atoms with Crippen molar-refractivity contribution in [3.05, 3.63) is 47.1 Å². The molecule has 1 fully saturated rings. The van der Waals surface area contributed by atoms with E-state index < -0.39 is 11.7 Å². The molecule has 0 saturated carbocycles. The van der Waals surface area contributed by atoms with Crippen LogP contribution < -0.4 is 9.80 Å². The van der Waals surface area contributed by atoms with Crippen molar-refractivity contribution in [2.24, 2.45) is 0 Å². The second kappa shape index (κ2) is 6.39. The second-order valence-electron chi connectivity index (χ2n) is 5.49. The largest absolute Gasteiger partial charge is 0.506 e. The minimum absolute atomic E-state index is 0.0131. The standard InChI is InChI=1S/C16H15ClF3N3O/c17-12-9-11(16(18,19)20)10-21-15(12)23-7-5-22(6-8-23)13-3-1-2-4-14(13)24/h1-4,9-10,24H,5-8H2. The van der Waals surface area contributed by atoms with E-state index in [2.05, 4.69) is 4.98 Å². The Bertz CT molecular complexity index is 731. The maximum Gasteiger partial charge on any atom is 0.417 e. The molecule has 2 aromatic rings. The van der Waals surface area contributed by atoms with Gasteiger partial charge in [0.2, 0.25) is 0 Å². The van der Waals surface area contributed by atoms with E-state index >= 15 is 0 Å². The maximum absolute atomic E-state index is 12.7. The summed E-state index contributed by atoms with van der Waals surface area (Å²) in [5.74, 6) is 0.554. The van der Waals surface area contributed by atoms with Gasteiger partial charge in [-0.3, -0.25) is 0 Å². The fourth-order valence-corrected chi connectivity index (χ4v) is 3.00. The van der Waals surface area contributed by atoms with Crippen LogP contribution in [0.5, 0.6) is 5.75 Å². The summed E-state index contributed by atoms with van der Waals surface area (Å²) in [4.78, 5) is 7.75. The van der Waals surface area contributed by atoms with Crippen molar-refractivity contribution in [3.63, 3.8) is 0 Å². The van der Waals surface area contributed by atoms with Gasteiger partial charge in [-0.1, -0.05) is 23.7 Å². The van der Waals surface area contributed by atoms with Crippen LogP contribution in [0, 0.1) is 0 Å². The van der Waals surface area contributed by atoms with Gasteiger partial charge in [0, 0.05) is 32.4 Å². The Kier molecular flexibility index (Phi) is 4.45. The number of hydrogen-bond donors (Lipinski definition) is 1. The molecule has 0 amide bonds. The van der Waals surface area contributed by atoms with Crippen molar-refractivity contribution in [2.45, 2.75) is 6.18 Å². The Morgan fingerprint density at radius 1 is 1.04 bits per heavy atom. The summed E-state index contributed by atoms with van der Waals surface area (Å²) in [6, 6.07) is 7.94. The molecular formula is C16H15ClF3N3O. The first-order valence-electron chi connectivity index (χ1n) is 7.37. The van der Waals surface area contributed by atoms with Crippen LogP contribution in [0.3, 0.4) is 0 Å². The van der Waals surface area contributed by atoms with Crippen LogP contribution in [-0.4, -0.2) is 36.3 Å². The molecule has 0 radical (unpaired) electrons. The van der Waals surface area contributed by atoms with Crippen LogP contribution in [0.15, 0.2) is 36.5 Å². The highest BCUT2D eigenvalue weighted by molar-refractivity contribution is 6.33. The molecule has 3 rings (SSSR count). The van der Waals surface area contributed by atoms with Gasteiger partial charge in [-0.25, -0.2) is 4.98 Å². The number of hydrogen-bond acceptors (Lipinski definition) is 4. The number of phenolic OH excluding ortho intramolecular Hbond substituents is 1. The lowest BCUT2D eigenvalue weighted by molar-refractivity contribution is -0.137.